The smallest absolute Gasteiger partial charge is 0.333 e. The van der Waals surface area contributed by atoms with Crippen LogP contribution in [0.5, 0.6) is 5.75 Å². The summed E-state index contributed by atoms with van der Waals surface area (Å²) >= 11 is 0. The number of anilines is 1. The van der Waals surface area contributed by atoms with Gasteiger partial charge in [0.1, 0.15) is 12.4 Å². The number of carbonyl (C=O) groups is 2. The van der Waals surface area contributed by atoms with Gasteiger partial charge in [-0.1, -0.05) is 36.8 Å². The van der Waals surface area contributed by atoms with Gasteiger partial charge in [-0.05, 0) is 69.4 Å². The summed E-state index contributed by atoms with van der Waals surface area (Å²) in [5.74, 6) is -0.319. The Morgan fingerprint density at radius 1 is 0.973 bits per heavy atom. The molecule has 1 atom stereocenters. The van der Waals surface area contributed by atoms with Gasteiger partial charge >= 0.3 is 12.0 Å². The highest BCUT2D eigenvalue weighted by atomic mass is 16.5. The maximum Gasteiger partial charge on any atom is 0.333 e. The van der Waals surface area contributed by atoms with Crippen molar-refractivity contribution in [2.75, 3.05) is 44.8 Å². The lowest BCUT2D eigenvalue weighted by Gasteiger charge is -2.24. The predicted octanol–water partition coefficient (Wildman–Crippen LogP) is 5.37. The van der Waals surface area contributed by atoms with E-state index in [0.29, 0.717) is 45.3 Å². The molecule has 0 bridgehead atoms. The van der Waals surface area contributed by atoms with Crippen molar-refractivity contribution in [3.63, 3.8) is 0 Å². The molecule has 8 nitrogen and oxygen atoms in total. The van der Waals surface area contributed by atoms with Crippen LogP contribution in [-0.4, -0.2) is 67.6 Å². The van der Waals surface area contributed by atoms with E-state index >= 15 is 0 Å². The maximum atomic E-state index is 13.2. The number of amides is 2. The van der Waals surface area contributed by atoms with Crippen molar-refractivity contribution in [2.24, 2.45) is 0 Å². The van der Waals surface area contributed by atoms with Crippen molar-refractivity contribution < 1.29 is 28.9 Å². The van der Waals surface area contributed by atoms with Crippen LogP contribution < -0.4 is 10.1 Å². The van der Waals surface area contributed by atoms with Gasteiger partial charge in [0.05, 0.1) is 6.54 Å². The largest absolute Gasteiger partial charge is 0.492 e. The van der Waals surface area contributed by atoms with Crippen LogP contribution in [0.4, 0.5) is 10.5 Å². The third-order valence-electron chi connectivity index (χ3n) is 5.88. The fraction of sp³-hybridized carbons (Fsp3) is 0.517. The van der Waals surface area contributed by atoms with E-state index in [1.165, 1.54) is 0 Å². The molecule has 8 heteroatoms. The van der Waals surface area contributed by atoms with Gasteiger partial charge in [-0.2, -0.15) is 0 Å². The minimum absolute atomic E-state index is 0.167. The van der Waals surface area contributed by atoms with Crippen LogP contribution in [0.25, 0.3) is 0 Å². The van der Waals surface area contributed by atoms with Crippen molar-refractivity contribution in [1.29, 1.82) is 0 Å². The number of aryl methyl sites for hydroxylation is 3. The molecule has 2 N–H and O–H groups in total. The first-order chi connectivity index (χ1) is 17.7. The number of aliphatic carboxylic acids is 1. The summed E-state index contributed by atoms with van der Waals surface area (Å²) in [6, 6.07) is 11.2. The lowest BCUT2D eigenvalue weighted by atomic mass is 10.1. The van der Waals surface area contributed by atoms with Crippen LogP contribution in [0.1, 0.15) is 48.9 Å². The first-order valence-electron chi connectivity index (χ1n) is 13.0. The second kappa shape index (κ2) is 15.9. The lowest BCUT2D eigenvalue weighted by molar-refractivity contribution is -0.149. The highest BCUT2D eigenvalue weighted by Gasteiger charge is 2.18. The Labute approximate surface area is 220 Å². The number of nitrogens with zero attached hydrogens (tertiary/aromatic N) is 1. The van der Waals surface area contributed by atoms with Crippen LogP contribution in [0.3, 0.4) is 0 Å². The summed E-state index contributed by atoms with van der Waals surface area (Å²) in [5, 5.41) is 12.4. The van der Waals surface area contributed by atoms with Crippen LogP contribution in [0.15, 0.2) is 36.4 Å². The summed E-state index contributed by atoms with van der Waals surface area (Å²) in [4.78, 5) is 26.3. The highest BCUT2D eigenvalue weighted by Crippen LogP contribution is 2.22. The van der Waals surface area contributed by atoms with Crippen molar-refractivity contribution in [3.05, 3.63) is 58.7 Å². The van der Waals surface area contributed by atoms with E-state index in [1.54, 1.807) is 11.8 Å². The lowest BCUT2D eigenvalue weighted by Crippen LogP contribution is -2.39. The van der Waals surface area contributed by atoms with Crippen LogP contribution >= 0.6 is 0 Å². The number of hydrogen-bond acceptors (Lipinski definition) is 5. The zero-order chi connectivity index (χ0) is 27.2. The number of rotatable bonds is 16. The minimum atomic E-state index is -0.975. The molecule has 0 saturated heterocycles. The fourth-order valence-corrected chi connectivity index (χ4v) is 4.11. The van der Waals surface area contributed by atoms with E-state index in [1.807, 2.05) is 45.0 Å². The summed E-state index contributed by atoms with van der Waals surface area (Å²) in [7, 11) is 0. The second-order valence-corrected chi connectivity index (χ2v) is 9.14. The predicted molar refractivity (Wildman–Crippen MR) is 146 cm³/mol. The van der Waals surface area contributed by atoms with Gasteiger partial charge < -0.3 is 29.5 Å². The average Bonchev–Trinajstić information content (AvgIpc) is 2.85. The molecule has 204 valence electrons. The van der Waals surface area contributed by atoms with Crippen LogP contribution in [0, 0.1) is 20.8 Å². The summed E-state index contributed by atoms with van der Waals surface area (Å²) in [6.45, 7) is 12.8. The Kier molecular flexibility index (Phi) is 12.9. The van der Waals surface area contributed by atoms with Gasteiger partial charge in [0, 0.05) is 38.5 Å². The molecule has 0 saturated carbocycles. The topological polar surface area (TPSA) is 97.3 Å². The molecule has 0 aliphatic heterocycles. The van der Waals surface area contributed by atoms with E-state index in [4.69, 9.17) is 14.2 Å². The molecule has 0 aliphatic carbocycles. The molecule has 0 spiro atoms. The SMILES string of the molecule is CCCOCCCN(CCOc1ccc(CC(OCC)C(=O)O)cc1)C(=O)Nc1c(C)cc(C)cc1C. The molecule has 2 amide bonds. The standard InChI is InChI=1S/C29H42N2O6/c1-6-15-35-16-8-13-31(29(34)30-27-22(4)18-21(3)19-23(27)5)14-17-37-25-11-9-24(10-12-25)20-26(28(32)33)36-7-2/h9-12,18-19,26H,6-8,13-17,20H2,1-5H3,(H,30,34)(H,32,33). The van der Waals surface area contributed by atoms with Gasteiger partial charge in [0.25, 0.3) is 0 Å². The Hall–Kier alpha value is -3.10. The van der Waals surface area contributed by atoms with Crippen molar-refractivity contribution in [1.82, 2.24) is 4.90 Å². The number of benzene rings is 2. The van der Waals surface area contributed by atoms with Crippen molar-refractivity contribution in [2.45, 2.75) is 60.0 Å². The first kappa shape index (κ1) is 30.1. The van der Waals surface area contributed by atoms with E-state index in [9.17, 15) is 14.7 Å². The van der Waals surface area contributed by atoms with E-state index in [0.717, 1.165) is 40.8 Å². The van der Waals surface area contributed by atoms with E-state index in [2.05, 4.69) is 24.4 Å². The number of urea groups is 1. The second-order valence-electron chi connectivity index (χ2n) is 9.14. The monoisotopic (exact) mass is 514 g/mol. The Bertz CT molecular complexity index is 969. The van der Waals surface area contributed by atoms with Gasteiger partial charge in [-0.15, -0.1) is 0 Å². The van der Waals surface area contributed by atoms with Gasteiger partial charge in [-0.25, -0.2) is 9.59 Å². The number of hydrogen-bond donors (Lipinski definition) is 2. The molecule has 2 aromatic rings. The number of nitrogens with one attached hydrogen (secondary N) is 1. The van der Waals surface area contributed by atoms with Gasteiger partial charge in [0.2, 0.25) is 0 Å². The fourth-order valence-electron chi connectivity index (χ4n) is 4.11. The Morgan fingerprint density at radius 2 is 1.65 bits per heavy atom. The third-order valence-corrected chi connectivity index (χ3v) is 5.88. The maximum absolute atomic E-state index is 13.2. The first-order valence-corrected chi connectivity index (χ1v) is 13.0. The molecule has 1 unspecified atom stereocenters. The number of carboxylic acids is 1. The van der Waals surface area contributed by atoms with E-state index in [-0.39, 0.29) is 12.5 Å². The third kappa shape index (κ3) is 10.4. The van der Waals surface area contributed by atoms with Gasteiger partial charge in [0.15, 0.2) is 6.10 Å². The average molecular weight is 515 g/mol. The molecule has 0 radical (unpaired) electrons. The summed E-state index contributed by atoms with van der Waals surface area (Å²) < 4.78 is 16.8. The van der Waals surface area contributed by atoms with Crippen molar-refractivity contribution >= 4 is 17.7 Å². The van der Waals surface area contributed by atoms with Gasteiger partial charge in [-0.3, -0.25) is 0 Å². The number of carboxylic acid groups (broad SMARTS) is 1. The molecule has 2 rings (SSSR count). The van der Waals surface area contributed by atoms with E-state index < -0.39 is 12.1 Å². The summed E-state index contributed by atoms with van der Waals surface area (Å²) in [5.41, 5.74) is 4.91. The zero-order valence-corrected chi connectivity index (χ0v) is 22.8. The number of carbonyl (C=O) groups excluding carboxylic acids is 1. The Balaban J connectivity index is 1.97. The Morgan fingerprint density at radius 3 is 2.24 bits per heavy atom. The minimum Gasteiger partial charge on any atom is -0.492 e. The molecule has 0 aromatic heterocycles. The molecule has 37 heavy (non-hydrogen) atoms. The van der Waals surface area contributed by atoms with Crippen LogP contribution in [0.2, 0.25) is 0 Å². The molecule has 0 fully saturated rings. The molecule has 2 aromatic carbocycles. The molecular formula is C29H42N2O6. The molecular weight excluding hydrogens is 472 g/mol. The van der Waals surface area contributed by atoms with Crippen LogP contribution in [-0.2, 0) is 20.7 Å². The molecule has 0 heterocycles. The normalized spacial score (nSPS) is 11.7. The van der Waals surface area contributed by atoms with Crippen molar-refractivity contribution in [3.8, 4) is 5.75 Å². The zero-order valence-electron chi connectivity index (χ0n) is 22.8. The summed E-state index contributed by atoms with van der Waals surface area (Å²) in [6.07, 6.45) is 1.12. The number of ether oxygens (including phenoxy) is 3. The quantitative estimate of drug-likeness (QED) is 0.292. The highest BCUT2D eigenvalue weighted by molar-refractivity contribution is 5.91. The molecule has 0 aliphatic rings.